The average molecular weight is 713 g/mol. The Balaban J connectivity index is 1.22. The Kier molecular flexibility index (Phi) is 5.45. The van der Waals surface area contributed by atoms with Gasteiger partial charge in [0.05, 0.1) is 17.8 Å². The van der Waals surface area contributed by atoms with Gasteiger partial charge in [0.25, 0.3) is 0 Å². The van der Waals surface area contributed by atoms with Crippen LogP contribution in [-0.4, -0.2) is 0 Å². The van der Waals surface area contributed by atoms with E-state index in [-0.39, 0.29) is 16.9 Å². The highest BCUT2D eigenvalue weighted by molar-refractivity contribution is 6.08. The first kappa shape index (κ1) is 21.5. The van der Waals surface area contributed by atoms with Crippen molar-refractivity contribution in [2.45, 2.75) is 0 Å². The molecule has 0 bridgehead atoms. The average Bonchev–Trinajstić information content (AvgIpc) is 3.37. The van der Waals surface area contributed by atoms with Gasteiger partial charge in [-0.15, -0.1) is 0 Å². The lowest BCUT2D eigenvalue weighted by Gasteiger charge is -2.26. The minimum absolute atomic E-state index is 0.0230. The van der Waals surface area contributed by atoms with E-state index < -0.39 is 95.4 Å². The number of anilines is 3. The van der Waals surface area contributed by atoms with Gasteiger partial charge in [0.2, 0.25) is 0 Å². The van der Waals surface area contributed by atoms with Crippen molar-refractivity contribution in [2.24, 2.45) is 0 Å². The van der Waals surface area contributed by atoms with Crippen LogP contribution in [0.5, 0.6) is 0 Å². The van der Waals surface area contributed by atoms with Gasteiger partial charge in [0.15, 0.2) is 0 Å². The highest BCUT2D eigenvalue weighted by Crippen LogP contribution is 2.42. The lowest BCUT2D eigenvalue weighted by molar-refractivity contribution is 1.28. The van der Waals surface area contributed by atoms with Crippen LogP contribution in [0.2, 0.25) is 0 Å². The summed E-state index contributed by atoms with van der Waals surface area (Å²) in [5.74, 6) is 0. The number of nitrogens with zero attached hydrogens (tertiary/aromatic N) is 1. The van der Waals surface area contributed by atoms with Gasteiger partial charge in [-0.1, -0.05) is 182 Å². The van der Waals surface area contributed by atoms with Gasteiger partial charge in [-0.05, 0) is 119 Å². The Morgan fingerprint density at radius 1 is 0.309 bits per heavy atom. The molecule has 10 aromatic rings. The standard InChI is InChI=1S/C54H37N/c1-3-11-38(12-4-1)39-21-29-47(30-22-39)55(48-31-23-40(24-32-48)45-28-35-51-46(37-45)20-19-42-15-7-9-17-50(42)51)49-33-25-44(26-34-49)54-52-18-10-8-16-43(52)27-36-53(54)41-13-5-2-6-14-41/h1-37H/i1D,3D,4D,11D,12D,21D,22D,25D,26D,29D,30D,33D,34D. The molecule has 0 unspecified atom stereocenters. The SMILES string of the molecule is [2H]c1c([2H])c([2H])c(-c2c([2H])c([2H])c(N(c3ccc(-c4ccc5c(ccc6ccccc65)c4)cc3)c3c([2H])c([2H])c(-c4c(-c5ccccc5)ccc5ccccc45)c([2H])c3[2H])c([2H])c2[2H])c([2H])c1[2H]. The molecule has 1 heteroatoms. The van der Waals surface area contributed by atoms with Crippen molar-refractivity contribution < 1.29 is 17.8 Å². The zero-order chi connectivity index (χ0) is 47.9. The lowest BCUT2D eigenvalue weighted by atomic mass is 9.89. The summed E-state index contributed by atoms with van der Waals surface area (Å²) >= 11 is 0. The van der Waals surface area contributed by atoms with Gasteiger partial charge in [-0.25, -0.2) is 0 Å². The van der Waals surface area contributed by atoms with E-state index >= 15 is 0 Å². The van der Waals surface area contributed by atoms with Crippen molar-refractivity contribution in [1.29, 1.82) is 0 Å². The minimum atomic E-state index is -0.736. The second-order valence-corrected chi connectivity index (χ2v) is 13.1. The molecule has 10 aromatic carbocycles. The Labute approximate surface area is 340 Å². The Hall–Kier alpha value is -7.22. The first-order valence-electron chi connectivity index (χ1n) is 24.4. The van der Waals surface area contributed by atoms with Crippen LogP contribution in [0.3, 0.4) is 0 Å². The highest BCUT2D eigenvalue weighted by Gasteiger charge is 2.16. The Bertz CT molecular complexity index is 3640. The molecular formula is C54H37N. The van der Waals surface area contributed by atoms with Gasteiger partial charge >= 0.3 is 0 Å². The second-order valence-electron chi connectivity index (χ2n) is 13.1. The second kappa shape index (κ2) is 14.0. The molecule has 0 aliphatic carbocycles. The van der Waals surface area contributed by atoms with Crippen molar-refractivity contribution in [2.75, 3.05) is 4.90 Å². The molecular weight excluding hydrogens is 663 g/mol. The number of rotatable bonds is 7. The van der Waals surface area contributed by atoms with Crippen LogP contribution in [0.25, 0.3) is 76.8 Å². The lowest BCUT2D eigenvalue weighted by Crippen LogP contribution is -2.09. The van der Waals surface area contributed by atoms with E-state index in [1.165, 1.54) is 4.90 Å². The van der Waals surface area contributed by atoms with E-state index in [1.807, 2.05) is 84.9 Å². The molecule has 0 N–H and O–H groups in total. The molecule has 258 valence electrons. The fraction of sp³-hybridized carbons (Fsp3) is 0. The number of hydrogen-bond donors (Lipinski definition) is 0. The summed E-state index contributed by atoms with van der Waals surface area (Å²) in [6, 6.07) is 37.7. The maximum atomic E-state index is 9.74. The predicted molar refractivity (Wildman–Crippen MR) is 235 cm³/mol. The number of fused-ring (bicyclic) bond motifs is 4. The highest BCUT2D eigenvalue weighted by atomic mass is 15.1. The van der Waals surface area contributed by atoms with Gasteiger partial charge in [-0.2, -0.15) is 0 Å². The molecule has 0 saturated heterocycles. The molecule has 0 atom stereocenters. The normalized spacial score (nSPS) is 14.6. The quantitative estimate of drug-likeness (QED) is 0.149. The van der Waals surface area contributed by atoms with Crippen LogP contribution in [0, 0.1) is 0 Å². The van der Waals surface area contributed by atoms with E-state index in [2.05, 4.69) is 36.4 Å². The Morgan fingerprint density at radius 3 is 1.58 bits per heavy atom. The molecule has 0 radical (unpaired) electrons. The van der Waals surface area contributed by atoms with Gasteiger partial charge < -0.3 is 4.90 Å². The van der Waals surface area contributed by atoms with Crippen molar-refractivity contribution in [3.05, 3.63) is 224 Å². The van der Waals surface area contributed by atoms with Crippen LogP contribution in [-0.2, 0) is 0 Å². The molecule has 0 spiro atoms. The summed E-state index contributed by atoms with van der Waals surface area (Å²) in [5.41, 5.74) is 1.96. The third kappa shape index (κ3) is 6.12. The molecule has 0 aromatic heterocycles. The van der Waals surface area contributed by atoms with E-state index in [0.717, 1.165) is 43.6 Å². The maximum absolute atomic E-state index is 9.74. The predicted octanol–water partition coefficient (Wildman–Crippen LogP) is 15.3. The fourth-order valence-electron chi connectivity index (χ4n) is 7.23. The topological polar surface area (TPSA) is 3.24 Å². The maximum Gasteiger partial charge on any atom is 0.0645 e. The molecule has 0 heterocycles. The number of benzene rings is 10. The van der Waals surface area contributed by atoms with Crippen molar-refractivity contribution in [3.8, 4) is 44.5 Å². The number of hydrogen-bond acceptors (Lipinski definition) is 1. The van der Waals surface area contributed by atoms with E-state index in [0.29, 0.717) is 16.5 Å². The third-order valence-electron chi connectivity index (χ3n) is 9.89. The largest absolute Gasteiger partial charge is 0.311 e. The van der Waals surface area contributed by atoms with Gasteiger partial charge in [0.1, 0.15) is 0 Å². The molecule has 1 nitrogen and oxygen atoms in total. The first-order valence-corrected chi connectivity index (χ1v) is 17.9. The summed E-state index contributed by atoms with van der Waals surface area (Å²) in [7, 11) is 0. The smallest absolute Gasteiger partial charge is 0.0645 e. The first-order chi connectivity index (χ1) is 32.7. The molecule has 0 aliphatic heterocycles. The summed E-state index contributed by atoms with van der Waals surface area (Å²) < 4.78 is 118. The molecule has 0 saturated carbocycles. The minimum Gasteiger partial charge on any atom is -0.311 e. The summed E-state index contributed by atoms with van der Waals surface area (Å²) in [6.07, 6.45) is 0. The molecule has 10 rings (SSSR count). The molecule has 55 heavy (non-hydrogen) atoms. The molecule has 0 amide bonds. The van der Waals surface area contributed by atoms with Gasteiger partial charge in [0, 0.05) is 17.1 Å². The monoisotopic (exact) mass is 712 g/mol. The summed E-state index contributed by atoms with van der Waals surface area (Å²) in [5, 5.41) is 5.83. The molecule has 0 fully saturated rings. The Morgan fingerprint density at radius 2 is 0.855 bits per heavy atom. The zero-order valence-electron chi connectivity index (χ0n) is 42.3. The van der Waals surface area contributed by atoms with Crippen LogP contribution in [0.4, 0.5) is 17.1 Å². The fourth-order valence-corrected chi connectivity index (χ4v) is 7.23. The zero-order valence-corrected chi connectivity index (χ0v) is 29.3. The van der Waals surface area contributed by atoms with Crippen LogP contribution >= 0.6 is 0 Å². The van der Waals surface area contributed by atoms with Crippen LogP contribution in [0.1, 0.15) is 17.8 Å². The van der Waals surface area contributed by atoms with E-state index in [9.17, 15) is 11.0 Å². The summed E-state index contributed by atoms with van der Waals surface area (Å²) in [4.78, 5) is 1.19. The van der Waals surface area contributed by atoms with E-state index in [4.69, 9.17) is 6.85 Å². The van der Waals surface area contributed by atoms with E-state index in [1.54, 1.807) is 24.3 Å². The van der Waals surface area contributed by atoms with Crippen LogP contribution in [0.15, 0.2) is 224 Å². The van der Waals surface area contributed by atoms with Crippen molar-refractivity contribution >= 4 is 49.4 Å². The third-order valence-corrected chi connectivity index (χ3v) is 9.89. The molecule has 0 aliphatic rings. The van der Waals surface area contributed by atoms with Crippen LogP contribution < -0.4 is 4.90 Å². The van der Waals surface area contributed by atoms with Crippen molar-refractivity contribution in [3.63, 3.8) is 0 Å². The summed E-state index contributed by atoms with van der Waals surface area (Å²) in [6.45, 7) is 0. The van der Waals surface area contributed by atoms with Crippen molar-refractivity contribution in [1.82, 2.24) is 0 Å². The van der Waals surface area contributed by atoms with Gasteiger partial charge in [-0.3, -0.25) is 0 Å².